The Morgan fingerprint density at radius 3 is 2.82 bits per heavy atom. The minimum atomic E-state index is 0.434. The summed E-state index contributed by atoms with van der Waals surface area (Å²) in [6, 6.07) is 12.4. The van der Waals surface area contributed by atoms with Crippen LogP contribution in [0.3, 0.4) is 0 Å². The lowest BCUT2D eigenvalue weighted by molar-refractivity contribution is 0.479. The smallest absolute Gasteiger partial charge is 0.104 e. The van der Waals surface area contributed by atoms with Crippen LogP contribution < -0.4 is 5.32 Å². The maximum atomic E-state index is 5.42. The van der Waals surface area contributed by atoms with E-state index < -0.39 is 0 Å². The second-order valence-electron chi connectivity index (χ2n) is 4.09. The van der Waals surface area contributed by atoms with Gasteiger partial charge in [-0.3, -0.25) is 0 Å². The summed E-state index contributed by atoms with van der Waals surface area (Å²) in [7, 11) is 1.98. The monoisotopic (exact) mass is 293 g/mol. The van der Waals surface area contributed by atoms with Gasteiger partial charge in [-0.2, -0.15) is 0 Å². The number of hydrogen-bond acceptors (Lipinski definition) is 2. The summed E-state index contributed by atoms with van der Waals surface area (Å²) in [5.74, 6) is 1.47. The highest BCUT2D eigenvalue weighted by Crippen LogP contribution is 2.23. The van der Waals surface area contributed by atoms with Crippen molar-refractivity contribution in [3.05, 3.63) is 58.5 Å². The van der Waals surface area contributed by atoms with Crippen LogP contribution in [0.15, 0.2) is 51.6 Å². The Kier molecular flexibility index (Phi) is 4.40. The molecule has 1 aromatic heterocycles. The largest absolute Gasteiger partial charge is 0.469 e. The van der Waals surface area contributed by atoms with Crippen LogP contribution in [-0.4, -0.2) is 13.6 Å². The van der Waals surface area contributed by atoms with Crippen molar-refractivity contribution in [1.82, 2.24) is 5.32 Å². The third-order valence-electron chi connectivity index (χ3n) is 2.80. The second-order valence-corrected chi connectivity index (χ2v) is 5.01. The SMILES string of the molecule is CNCC(Cc1ccco1)c1cccc(Br)c1. The van der Waals surface area contributed by atoms with E-state index in [1.807, 2.05) is 25.2 Å². The van der Waals surface area contributed by atoms with Crippen LogP contribution in [-0.2, 0) is 6.42 Å². The normalized spacial score (nSPS) is 12.6. The molecule has 0 aliphatic heterocycles. The van der Waals surface area contributed by atoms with Crippen molar-refractivity contribution in [3.63, 3.8) is 0 Å². The molecule has 0 spiro atoms. The average molecular weight is 294 g/mol. The molecule has 1 heterocycles. The number of halogens is 1. The molecule has 0 bridgehead atoms. The first-order chi connectivity index (χ1) is 8.29. The van der Waals surface area contributed by atoms with Crippen LogP contribution in [0.5, 0.6) is 0 Å². The molecule has 0 fully saturated rings. The number of likely N-dealkylation sites (N-methyl/N-ethyl adjacent to an activating group) is 1. The lowest BCUT2D eigenvalue weighted by Crippen LogP contribution is -2.19. The van der Waals surface area contributed by atoms with E-state index in [4.69, 9.17) is 4.42 Å². The zero-order chi connectivity index (χ0) is 12.1. The highest BCUT2D eigenvalue weighted by atomic mass is 79.9. The Morgan fingerprint density at radius 2 is 2.18 bits per heavy atom. The molecule has 1 aromatic carbocycles. The van der Waals surface area contributed by atoms with Gasteiger partial charge in [-0.25, -0.2) is 0 Å². The summed E-state index contributed by atoms with van der Waals surface area (Å²) in [6.07, 6.45) is 2.65. The standard InChI is InChI=1S/C14H16BrNO/c1-16-10-12(9-14-6-3-7-17-14)11-4-2-5-13(15)8-11/h2-8,12,16H,9-10H2,1H3. The zero-order valence-electron chi connectivity index (χ0n) is 9.82. The fourth-order valence-corrected chi connectivity index (χ4v) is 2.40. The molecular formula is C14H16BrNO. The molecule has 3 heteroatoms. The van der Waals surface area contributed by atoms with Crippen LogP contribution in [0.25, 0.3) is 0 Å². The van der Waals surface area contributed by atoms with Crippen LogP contribution >= 0.6 is 15.9 Å². The highest BCUT2D eigenvalue weighted by molar-refractivity contribution is 9.10. The van der Waals surface area contributed by atoms with Crippen molar-refractivity contribution >= 4 is 15.9 Å². The molecular weight excluding hydrogens is 278 g/mol. The first kappa shape index (κ1) is 12.4. The van der Waals surface area contributed by atoms with Gasteiger partial charge < -0.3 is 9.73 Å². The Hall–Kier alpha value is -1.06. The van der Waals surface area contributed by atoms with E-state index in [2.05, 4.69) is 39.4 Å². The van der Waals surface area contributed by atoms with Crippen LogP contribution in [0.1, 0.15) is 17.2 Å². The molecule has 0 radical (unpaired) electrons. The van der Waals surface area contributed by atoms with E-state index >= 15 is 0 Å². The van der Waals surface area contributed by atoms with Gasteiger partial charge >= 0.3 is 0 Å². The second kappa shape index (κ2) is 6.03. The van der Waals surface area contributed by atoms with Gasteiger partial charge in [0.05, 0.1) is 6.26 Å². The van der Waals surface area contributed by atoms with E-state index in [-0.39, 0.29) is 0 Å². The lowest BCUT2D eigenvalue weighted by Gasteiger charge is -2.16. The fourth-order valence-electron chi connectivity index (χ4n) is 1.99. The third-order valence-corrected chi connectivity index (χ3v) is 3.29. The quantitative estimate of drug-likeness (QED) is 0.911. The Labute approximate surface area is 110 Å². The summed E-state index contributed by atoms with van der Waals surface area (Å²) in [5, 5.41) is 3.24. The van der Waals surface area contributed by atoms with E-state index in [0.717, 1.165) is 23.2 Å². The molecule has 0 amide bonds. The molecule has 0 aliphatic rings. The van der Waals surface area contributed by atoms with Crippen LogP contribution in [0, 0.1) is 0 Å². The van der Waals surface area contributed by atoms with Gasteiger partial charge in [0.25, 0.3) is 0 Å². The molecule has 1 N–H and O–H groups in total. The molecule has 2 nitrogen and oxygen atoms in total. The van der Waals surface area contributed by atoms with Crippen molar-refractivity contribution in [2.24, 2.45) is 0 Å². The van der Waals surface area contributed by atoms with Crippen LogP contribution in [0.2, 0.25) is 0 Å². The maximum Gasteiger partial charge on any atom is 0.104 e. The van der Waals surface area contributed by atoms with Crippen molar-refractivity contribution < 1.29 is 4.42 Å². The van der Waals surface area contributed by atoms with E-state index in [1.54, 1.807) is 6.26 Å². The molecule has 0 aliphatic carbocycles. The number of nitrogens with one attached hydrogen (secondary N) is 1. The molecule has 90 valence electrons. The number of furan rings is 1. The molecule has 2 aromatic rings. The van der Waals surface area contributed by atoms with E-state index in [0.29, 0.717) is 5.92 Å². The Bertz CT molecular complexity index is 453. The number of rotatable bonds is 5. The van der Waals surface area contributed by atoms with Crippen molar-refractivity contribution in [2.75, 3.05) is 13.6 Å². The van der Waals surface area contributed by atoms with Gasteiger partial charge in [0, 0.05) is 23.4 Å². The van der Waals surface area contributed by atoms with Gasteiger partial charge in [-0.1, -0.05) is 28.1 Å². The topological polar surface area (TPSA) is 25.2 Å². The fraction of sp³-hybridized carbons (Fsp3) is 0.286. The summed E-state index contributed by atoms with van der Waals surface area (Å²) < 4.78 is 6.54. The molecule has 1 atom stereocenters. The molecule has 0 saturated heterocycles. The predicted octanol–water partition coefficient (Wildman–Crippen LogP) is 3.59. The summed E-state index contributed by atoms with van der Waals surface area (Å²) in [4.78, 5) is 0. The van der Waals surface area contributed by atoms with Crippen molar-refractivity contribution in [2.45, 2.75) is 12.3 Å². The van der Waals surface area contributed by atoms with E-state index in [9.17, 15) is 0 Å². The summed E-state index contributed by atoms with van der Waals surface area (Å²) in [5.41, 5.74) is 1.32. The average Bonchev–Trinajstić information content (AvgIpc) is 2.81. The molecule has 2 rings (SSSR count). The molecule has 1 unspecified atom stereocenters. The predicted molar refractivity (Wildman–Crippen MR) is 73.2 cm³/mol. The number of hydrogen-bond donors (Lipinski definition) is 1. The van der Waals surface area contributed by atoms with Crippen molar-refractivity contribution in [1.29, 1.82) is 0 Å². The van der Waals surface area contributed by atoms with Gasteiger partial charge in [-0.15, -0.1) is 0 Å². The summed E-state index contributed by atoms with van der Waals surface area (Å²) >= 11 is 3.52. The first-order valence-electron chi connectivity index (χ1n) is 5.72. The summed E-state index contributed by atoms with van der Waals surface area (Å²) in [6.45, 7) is 0.942. The van der Waals surface area contributed by atoms with E-state index in [1.165, 1.54) is 5.56 Å². The Morgan fingerprint density at radius 1 is 1.29 bits per heavy atom. The van der Waals surface area contributed by atoms with Crippen LogP contribution in [0.4, 0.5) is 0 Å². The minimum Gasteiger partial charge on any atom is -0.469 e. The lowest BCUT2D eigenvalue weighted by atomic mass is 9.94. The highest BCUT2D eigenvalue weighted by Gasteiger charge is 2.13. The Balaban J connectivity index is 2.16. The third kappa shape index (κ3) is 3.45. The molecule has 17 heavy (non-hydrogen) atoms. The first-order valence-corrected chi connectivity index (χ1v) is 6.51. The van der Waals surface area contributed by atoms with Crippen molar-refractivity contribution in [3.8, 4) is 0 Å². The maximum absolute atomic E-state index is 5.42. The van der Waals surface area contributed by atoms with Gasteiger partial charge in [-0.05, 0) is 36.9 Å². The molecule has 0 saturated carbocycles. The minimum absolute atomic E-state index is 0.434. The van der Waals surface area contributed by atoms with Gasteiger partial charge in [0.15, 0.2) is 0 Å². The zero-order valence-corrected chi connectivity index (χ0v) is 11.4. The number of benzene rings is 1. The van der Waals surface area contributed by atoms with Gasteiger partial charge in [0.1, 0.15) is 5.76 Å². The van der Waals surface area contributed by atoms with Gasteiger partial charge in [0.2, 0.25) is 0 Å².